The highest BCUT2D eigenvalue weighted by atomic mass is 79.9. The van der Waals surface area contributed by atoms with E-state index in [0.717, 1.165) is 17.3 Å². The molecule has 0 bridgehead atoms. The van der Waals surface area contributed by atoms with Gasteiger partial charge in [0.1, 0.15) is 6.17 Å². The summed E-state index contributed by atoms with van der Waals surface area (Å²) < 4.78 is 15.8. The Balaban J connectivity index is 1.62. The van der Waals surface area contributed by atoms with Gasteiger partial charge in [-0.3, -0.25) is 0 Å². The third kappa shape index (κ3) is 4.94. The lowest BCUT2D eigenvalue weighted by Gasteiger charge is -2.32. The zero-order chi connectivity index (χ0) is 17.6. The van der Waals surface area contributed by atoms with E-state index in [1.165, 1.54) is 48.8 Å². The molecule has 0 saturated heterocycles. The van der Waals surface area contributed by atoms with Crippen LogP contribution in [0.25, 0.3) is 11.1 Å². The second kappa shape index (κ2) is 8.98. The van der Waals surface area contributed by atoms with Gasteiger partial charge in [-0.05, 0) is 54.0 Å². The molecule has 134 valence electrons. The zero-order valence-corrected chi connectivity index (χ0v) is 16.6. The van der Waals surface area contributed by atoms with Gasteiger partial charge in [-0.1, -0.05) is 84.9 Å². The Morgan fingerprint density at radius 1 is 0.920 bits per heavy atom. The summed E-state index contributed by atoms with van der Waals surface area (Å²) in [5.41, 5.74) is 3.56. The van der Waals surface area contributed by atoms with Crippen LogP contribution < -0.4 is 0 Å². The fourth-order valence-corrected chi connectivity index (χ4v) is 4.35. The third-order valence-corrected chi connectivity index (χ3v) is 6.14. The molecule has 1 saturated carbocycles. The first-order valence-electron chi connectivity index (χ1n) is 9.67. The molecule has 1 aliphatic carbocycles. The van der Waals surface area contributed by atoms with Gasteiger partial charge in [0.2, 0.25) is 0 Å². The van der Waals surface area contributed by atoms with Crippen LogP contribution in [0.15, 0.2) is 53.0 Å². The summed E-state index contributed by atoms with van der Waals surface area (Å²) in [5, 5.41) is 0. The number of alkyl halides is 1. The number of hydrogen-bond acceptors (Lipinski definition) is 0. The Morgan fingerprint density at radius 2 is 1.56 bits per heavy atom. The van der Waals surface area contributed by atoms with Crippen molar-refractivity contribution in [2.24, 2.45) is 5.92 Å². The summed E-state index contributed by atoms with van der Waals surface area (Å²) in [5.74, 6) is 0.682. The van der Waals surface area contributed by atoms with Crippen molar-refractivity contribution in [2.75, 3.05) is 0 Å². The molecule has 0 radical (unpaired) electrons. The highest BCUT2D eigenvalue weighted by Gasteiger charge is 2.31. The van der Waals surface area contributed by atoms with Gasteiger partial charge in [0.25, 0.3) is 0 Å². The smallest absolute Gasteiger partial charge is 0.107 e. The average Bonchev–Trinajstić information content (AvgIpc) is 2.63. The van der Waals surface area contributed by atoms with E-state index in [9.17, 15) is 4.39 Å². The maximum absolute atomic E-state index is 14.8. The van der Waals surface area contributed by atoms with E-state index < -0.39 is 6.17 Å². The molecule has 0 nitrogen and oxygen atoms in total. The molecule has 1 unspecified atom stereocenters. The van der Waals surface area contributed by atoms with Crippen molar-refractivity contribution < 1.29 is 4.39 Å². The van der Waals surface area contributed by atoms with Crippen LogP contribution in [0.1, 0.15) is 63.4 Å². The largest absolute Gasteiger partial charge is 0.247 e. The van der Waals surface area contributed by atoms with Gasteiger partial charge in [0.05, 0.1) is 0 Å². The average molecular weight is 403 g/mol. The van der Waals surface area contributed by atoms with Crippen molar-refractivity contribution in [3.63, 3.8) is 0 Å². The Bertz CT molecular complexity index is 647. The van der Waals surface area contributed by atoms with E-state index >= 15 is 0 Å². The molecule has 1 fully saturated rings. The van der Waals surface area contributed by atoms with Gasteiger partial charge >= 0.3 is 0 Å². The summed E-state index contributed by atoms with van der Waals surface area (Å²) in [6.07, 6.45) is 7.26. The molecular weight excluding hydrogens is 375 g/mol. The summed E-state index contributed by atoms with van der Waals surface area (Å²) in [7, 11) is 0. The predicted octanol–water partition coefficient (Wildman–Crippen LogP) is 7.92. The highest BCUT2D eigenvalue weighted by molar-refractivity contribution is 9.10. The predicted molar refractivity (Wildman–Crippen MR) is 109 cm³/mol. The minimum Gasteiger partial charge on any atom is -0.247 e. The summed E-state index contributed by atoms with van der Waals surface area (Å²) in [6.45, 7) is 2.23. The maximum Gasteiger partial charge on any atom is 0.107 e. The van der Waals surface area contributed by atoms with Crippen molar-refractivity contribution >= 4 is 15.9 Å². The van der Waals surface area contributed by atoms with Crippen LogP contribution in [0.4, 0.5) is 4.39 Å². The van der Waals surface area contributed by atoms with Crippen LogP contribution >= 0.6 is 15.9 Å². The molecule has 0 amide bonds. The minimum absolute atomic E-state index is 0.0846. The molecule has 3 rings (SSSR count). The van der Waals surface area contributed by atoms with Crippen LogP contribution in [0.5, 0.6) is 0 Å². The number of benzene rings is 2. The van der Waals surface area contributed by atoms with Crippen molar-refractivity contribution in [3.8, 4) is 11.1 Å². The normalized spacial score (nSPS) is 23.6. The maximum atomic E-state index is 14.8. The molecule has 0 aliphatic heterocycles. The molecule has 2 aromatic rings. The highest BCUT2D eigenvalue weighted by Crippen LogP contribution is 2.40. The molecule has 2 aromatic carbocycles. The van der Waals surface area contributed by atoms with Crippen molar-refractivity contribution in [3.05, 3.63) is 58.6 Å². The van der Waals surface area contributed by atoms with Gasteiger partial charge in [0.15, 0.2) is 0 Å². The quantitative estimate of drug-likeness (QED) is 0.430. The van der Waals surface area contributed by atoms with E-state index in [1.54, 1.807) is 0 Å². The van der Waals surface area contributed by atoms with E-state index in [-0.39, 0.29) is 5.92 Å². The Labute approximate surface area is 160 Å². The lowest BCUT2D eigenvalue weighted by atomic mass is 9.75. The second-order valence-electron chi connectivity index (χ2n) is 7.43. The SMILES string of the molecule is CCCCC[C@@H]1CC[C@@H](c2ccc(-c3ccc(Br)cc3)cc2)C(F)C1. The standard InChI is InChI=1S/C23H28BrF/c1-2-3-4-5-17-6-15-22(23(25)16-17)20-9-7-18(8-10-20)19-11-13-21(24)14-12-19/h7-14,17,22-23H,2-6,15-16H2,1H3/t17-,22+,23?/m1/s1. The first-order valence-corrected chi connectivity index (χ1v) is 10.5. The van der Waals surface area contributed by atoms with Crippen LogP contribution in [0.3, 0.4) is 0 Å². The molecule has 0 N–H and O–H groups in total. The molecule has 0 aromatic heterocycles. The number of hydrogen-bond donors (Lipinski definition) is 0. The van der Waals surface area contributed by atoms with Gasteiger partial charge in [0, 0.05) is 10.4 Å². The Morgan fingerprint density at radius 3 is 2.16 bits per heavy atom. The molecular formula is C23H28BrF. The van der Waals surface area contributed by atoms with Gasteiger partial charge in [-0.2, -0.15) is 0 Å². The van der Waals surface area contributed by atoms with Crippen LogP contribution in [0.2, 0.25) is 0 Å². The van der Waals surface area contributed by atoms with Crippen molar-refractivity contribution in [1.29, 1.82) is 0 Å². The van der Waals surface area contributed by atoms with Gasteiger partial charge < -0.3 is 0 Å². The van der Waals surface area contributed by atoms with Crippen LogP contribution in [-0.4, -0.2) is 6.17 Å². The molecule has 0 spiro atoms. The third-order valence-electron chi connectivity index (χ3n) is 5.61. The number of unbranched alkanes of at least 4 members (excludes halogenated alkanes) is 2. The first-order chi connectivity index (χ1) is 12.2. The topological polar surface area (TPSA) is 0 Å². The second-order valence-corrected chi connectivity index (χ2v) is 8.34. The summed E-state index contributed by atoms with van der Waals surface area (Å²) in [4.78, 5) is 0. The number of rotatable bonds is 6. The minimum atomic E-state index is -0.682. The monoisotopic (exact) mass is 402 g/mol. The Hall–Kier alpha value is -1.15. The molecule has 1 aliphatic rings. The van der Waals surface area contributed by atoms with E-state index in [1.807, 2.05) is 0 Å². The molecule has 3 atom stereocenters. The van der Waals surface area contributed by atoms with E-state index in [0.29, 0.717) is 5.92 Å². The summed E-state index contributed by atoms with van der Waals surface area (Å²) in [6, 6.07) is 16.9. The van der Waals surface area contributed by atoms with Gasteiger partial charge in [-0.15, -0.1) is 0 Å². The first kappa shape index (κ1) is 18.6. The van der Waals surface area contributed by atoms with E-state index in [4.69, 9.17) is 0 Å². The van der Waals surface area contributed by atoms with Crippen LogP contribution in [-0.2, 0) is 0 Å². The fourth-order valence-electron chi connectivity index (χ4n) is 4.08. The fraction of sp³-hybridized carbons (Fsp3) is 0.478. The molecule has 2 heteroatoms. The lowest BCUT2D eigenvalue weighted by molar-refractivity contribution is 0.162. The molecule has 25 heavy (non-hydrogen) atoms. The summed E-state index contributed by atoms with van der Waals surface area (Å²) >= 11 is 3.47. The van der Waals surface area contributed by atoms with E-state index in [2.05, 4.69) is 71.4 Å². The zero-order valence-electron chi connectivity index (χ0n) is 15.1. The van der Waals surface area contributed by atoms with Crippen molar-refractivity contribution in [2.45, 2.75) is 64.0 Å². The van der Waals surface area contributed by atoms with Crippen LogP contribution in [0, 0.1) is 5.92 Å². The number of halogens is 2. The molecule has 0 heterocycles. The Kier molecular flexibility index (Phi) is 6.70. The lowest BCUT2D eigenvalue weighted by Crippen LogP contribution is -2.24. The van der Waals surface area contributed by atoms with Crippen molar-refractivity contribution in [1.82, 2.24) is 0 Å². The van der Waals surface area contributed by atoms with Gasteiger partial charge in [-0.25, -0.2) is 4.39 Å².